The van der Waals surface area contributed by atoms with Crippen molar-refractivity contribution < 1.29 is 4.79 Å². The number of carbonyl (C=O) groups is 1. The van der Waals surface area contributed by atoms with Crippen LogP contribution >= 0.6 is 34.2 Å². The summed E-state index contributed by atoms with van der Waals surface area (Å²) in [5.74, 6) is 0.0718. The van der Waals surface area contributed by atoms with Crippen molar-refractivity contribution in [3.63, 3.8) is 0 Å². The summed E-state index contributed by atoms with van der Waals surface area (Å²) < 4.78 is 0.928. The van der Waals surface area contributed by atoms with E-state index in [-0.39, 0.29) is 5.91 Å². The molecule has 0 radical (unpaired) electrons. The molecule has 0 N–H and O–H groups in total. The number of halogens is 2. The zero-order chi connectivity index (χ0) is 10.8. The first-order chi connectivity index (χ1) is 7.20. The van der Waals surface area contributed by atoms with Gasteiger partial charge in [-0.25, -0.2) is 0 Å². The predicted octanol–water partition coefficient (Wildman–Crippen LogP) is 3.18. The number of hydrogen-bond acceptors (Lipinski definition) is 1. The summed E-state index contributed by atoms with van der Waals surface area (Å²) in [6, 6.07) is 5.55. The van der Waals surface area contributed by atoms with Gasteiger partial charge in [-0.3, -0.25) is 4.79 Å². The van der Waals surface area contributed by atoms with E-state index in [4.69, 9.17) is 11.6 Å². The van der Waals surface area contributed by atoms with Crippen LogP contribution in [0.4, 0.5) is 0 Å². The lowest BCUT2D eigenvalue weighted by Gasteiger charge is -2.16. The second-order valence-corrected chi connectivity index (χ2v) is 5.17. The van der Waals surface area contributed by atoms with Gasteiger partial charge in [0.15, 0.2) is 0 Å². The fourth-order valence-corrected chi connectivity index (χ4v) is 2.92. The highest BCUT2D eigenvalue weighted by atomic mass is 127. The van der Waals surface area contributed by atoms with Crippen molar-refractivity contribution in [3.8, 4) is 0 Å². The Morgan fingerprint density at radius 2 is 2.00 bits per heavy atom. The van der Waals surface area contributed by atoms with Crippen LogP contribution in [0.1, 0.15) is 23.2 Å². The second-order valence-electron chi connectivity index (χ2n) is 3.60. The highest BCUT2D eigenvalue weighted by molar-refractivity contribution is 14.1. The second kappa shape index (κ2) is 4.70. The Balaban J connectivity index is 2.32. The Bertz CT molecular complexity index is 368. The first-order valence-corrected chi connectivity index (χ1v) is 6.39. The molecule has 0 spiro atoms. The van der Waals surface area contributed by atoms with Crippen molar-refractivity contribution in [1.82, 2.24) is 4.90 Å². The van der Waals surface area contributed by atoms with Gasteiger partial charge >= 0.3 is 0 Å². The number of benzene rings is 1. The highest BCUT2D eigenvalue weighted by Gasteiger charge is 2.23. The molecule has 0 unspecified atom stereocenters. The molecule has 1 aromatic carbocycles. The molecule has 80 valence electrons. The molecule has 2 rings (SSSR count). The van der Waals surface area contributed by atoms with Gasteiger partial charge in [0.05, 0.1) is 10.6 Å². The number of carbonyl (C=O) groups excluding carboxylic acids is 1. The monoisotopic (exact) mass is 335 g/mol. The molecule has 1 aromatic rings. The topological polar surface area (TPSA) is 20.3 Å². The van der Waals surface area contributed by atoms with E-state index < -0.39 is 0 Å². The molecule has 2 nitrogen and oxygen atoms in total. The quantitative estimate of drug-likeness (QED) is 0.722. The number of rotatable bonds is 1. The van der Waals surface area contributed by atoms with Gasteiger partial charge in [0.2, 0.25) is 0 Å². The molecular weight excluding hydrogens is 324 g/mol. The van der Waals surface area contributed by atoms with E-state index in [1.807, 2.05) is 17.0 Å². The van der Waals surface area contributed by atoms with Gasteiger partial charge in [-0.15, -0.1) is 0 Å². The van der Waals surface area contributed by atoms with Crippen LogP contribution in [-0.4, -0.2) is 23.9 Å². The van der Waals surface area contributed by atoms with E-state index in [1.54, 1.807) is 6.07 Å². The molecule has 0 bridgehead atoms. The Hall–Kier alpha value is -0.290. The summed E-state index contributed by atoms with van der Waals surface area (Å²) in [5.41, 5.74) is 0.654. The summed E-state index contributed by atoms with van der Waals surface area (Å²) in [6.45, 7) is 1.72. The molecule has 0 atom stereocenters. The van der Waals surface area contributed by atoms with Gasteiger partial charge in [-0.2, -0.15) is 0 Å². The van der Waals surface area contributed by atoms with Gasteiger partial charge in [0, 0.05) is 16.7 Å². The van der Waals surface area contributed by atoms with Crippen LogP contribution in [0, 0.1) is 3.57 Å². The molecule has 0 aliphatic carbocycles. The third-order valence-electron chi connectivity index (χ3n) is 2.57. The Morgan fingerprint density at radius 1 is 1.33 bits per heavy atom. The van der Waals surface area contributed by atoms with Gasteiger partial charge in [-0.1, -0.05) is 17.7 Å². The summed E-state index contributed by atoms with van der Waals surface area (Å²) in [5, 5.41) is 0.554. The molecule has 1 aliphatic rings. The van der Waals surface area contributed by atoms with Crippen LogP contribution in [0.15, 0.2) is 18.2 Å². The molecule has 1 aliphatic heterocycles. The minimum absolute atomic E-state index is 0.0718. The maximum absolute atomic E-state index is 12.1. The number of amides is 1. The average molecular weight is 336 g/mol. The van der Waals surface area contributed by atoms with Gasteiger partial charge in [0.25, 0.3) is 5.91 Å². The van der Waals surface area contributed by atoms with Crippen LogP contribution in [0.3, 0.4) is 0 Å². The summed E-state index contributed by atoms with van der Waals surface area (Å²) in [4.78, 5) is 14.0. The van der Waals surface area contributed by atoms with Crippen molar-refractivity contribution >= 4 is 40.1 Å². The molecule has 1 amide bonds. The zero-order valence-corrected chi connectivity index (χ0v) is 11.1. The van der Waals surface area contributed by atoms with Crippen molar-refractivity contribution in [1.29, 1.82) is 0 Å². The van der Waals surface area contributed by atoms with Crippen LogP contribution in [0.5, 0.6) is 0 Å². The molecule has 15 heavy (non-hydrogen) atoms. The maximum atomic E-state index is 12.1. The average Bonchev–Trinajstić information content (AvgIpc) is 2.69. The van der Waals surface area contributed by atoms with E-state index in [0.717, 1.165) is 29.5 Å². The van der Waals surface area contributed by atoms with Gasteiger partial charge in [-0.05, 0) is 47.6 Å². The smallest absolute Gasteiger partial charge is 0.256 e. The third kappa shape index (κ3) is 2.28. The lowest BCUT2D eigenvalue weighted by atomic mass is 10.2. The molecular formula is C11H11ClINO. The van der Waals surface area contributed by atoms with E-state index in [2.05, 4.69) is 22.6 Å². The number of nitrogens with zero attached hydrogens (tertiary/aromatic N) is 1. The van der Waals surface area contributed by atoms with Gasteiger partial charge < -0.3 is 4.90 Å². The first kappa shape index (κ1) is 11.2. The summed E-state index contributed by atoms with van der Waals surface area (Å²) in [6.07, 6.45) is 2.21. The molecule has 0 saturated carbocycles. The minimum atomic E-state index is 0.0718. The maximum Gasteiger partial charge on any atom is 0.256 e. The molecule has 1 heterocycles. The molecule has 0 aromatic heterocycles. The molecule has 1 fully saturated rings. The lowest BCUT2D eigenvalue weighted by molar-refractivity contribution is 0.0792. The van der Waals surface area contributed by atoms with Crippen LogP contribution in [-0.2, 0) is 0 Å². The Kier molecular flexibility index (Phi) is 3.51. The van der Waals surface area contributed by atoms with Gasteiger partial charge in [0.1, 0.15) is 0 Å². The Morgan fingerprint density at radius 3 is 2.60 bits per heavy atom. The SMILES string of the molecule is O=C(c1c(Cl)cccc1I)N1CCCC1. The van der Waals surface area contributed by atoms with E-state index in [1.165, 1.54) is 0 Å². The molecule has 4 heteroatoms. The standard InChI is InChI=1S/C11H11ClINO/c12-8-4-3-5-9(13)10(8)11(15)14-6-1-2-7-14/h3-5H,1-2,6-7H2. The van der Waals surface area contributed by atoms with Crippen LogP contribution < -0.4 is 0 Å². The summed E-state index contributed by atoms with van der Waals surface area (Å²) >= 11 is 8.21. The Labute approximate surface area is 108 Å². The van der Waals surface area contributed by atoms with Crippen molar-refractivity contribution in [2.24, 2.45) is 0 Å². The van der Waals surface area contributed by atoms with Crippen LogP contribution in [0.2, 0.25) is 5.02 Å². The number of likely N-dealkylation sites (tertiary alicyclic amines) is 1. The molecule has 1 saturated heterocycles. The van der Waals surface area contributed by atoms with E-state index >= 15 is 0 Å². The third-order valence-corrected chi connectivity index (χ3v) is 3.78. The fourth-order valence-electron chi connectivity index (χ4n) is 1.78. The number of hydrogen-bond donors (Lipinski definition) is 0. The largest absolute Gasteiger partial charge is 0.339 e. The fraction of sp³-hybridized carbons (Fsp3) is 0.364. The van der Waals surface area contributed by atoms with Crippen molar-refractivity contribution in [2.45, 2.75) is 12.8 Å². The zero-order valence-electron chi connectivity index (χ0n) is 8.17. The normalized spacial score (nSPS) is 15.7. The lowest BCUT2D eigenvalue weighted by Crippen LogP contribution is -2.28. The minimum Gasteiger partial charge on any atom is -0.339 e. The van der Waals surface area contributed by atoms with E-state index in [0.29, 0.717) is 10.6 Å². The van der Waals surface area contributed by atoms with Crippen molar-refractivity contribution in [3.05, 3.63) is 32.4 Å². The summed E-state index contributed by atoms with van der Waals surface area (Å²) in [7, 11) is 0. The van der Waals surface area contributed by atoms with Crippen molar-refractivity contribution in [2.75, 3.05) is 13.1 Å². The first-order valence-electron chi connectivity index (χ1n) is 4.93. The van der Waals surface area contributed by atoms with E-state index in [9.17, 15) is 4.79 Å². The highest BCUT2D eigenvalue weighted by Crippen LogP contribution is 2.24. The van der Waals surface area contributed by atoms with Crippen LogP contribution in [0.25, 0.3) is 0 Å². The predicted molar refractivity (Wildman–Crippen MR) is 69.3 cm³/mol.